The lowest BCUT2D eigenvalue weighted by molar-refractivity contribution is -0.147. The molecule has 0 heterocycles. The van der Waals surface area contributed by atoms with Crippen molar-refractivity contribution in [2.75, 3.05) is 6.61 Å². The number of ether oxygens (including phenoxy) is 1. The van der Waals surface area contributed by atoms with Crippen LogP contribution in [0.5, 0.6) is 0 Å². The van der Waals surface area contributed by atoms with Gasteiger partial charge in [0.15, 0.2) is 0 Å². The molecule has 0 amide bonds. The fraction of sp³-hybridized carbons (Fsp3) is 0.600. The van der Waals surface area contributed by atoms with Crippen LogP contribution in [-0.2, 0) is 9.53 Å². The molecule has 68 valence electrons. The molecule has 0 unspecified atom stereocenters. The second-order valence-corrected chi connectivity index (χ2v) is 2.55. The van der Waals surface area contributed by atoms with Crippen LogP contribution in [-0.4, -0.2) is 12.6 Å². The Morgan fingerprint density at radius 2 is 2.17 bits per heavy atom. The molecule has 0 fully saturated rings. The van der Waals surface area contributed by atoms with Gasteiger partial charge in [-0.15, -0.1) is 5.73 Å². The van der Waals surface area contributed by atoms with Gasteiger partial charge in [-0.2, -0.15) is 0 Å². The molecule has 0 aliphatic heterocycles. The third-order valence-corrected chi connectivity index (χ3v) is 1.77. The van der Waals surface area contributed by atoms with Gasteiger partial charge in [0.05, 0.1) is 5.92 Å². The highest BCUT2D eigenvalue weighted by Gasteiger charge is 2.14. The van der Waals surface area contributed by atoms with Gasteiger partial charge in [-0.3, -0.25) is 4.79 Å². The SMILES string of the molecule is C=C=CCOC(=O)C(CC)CC. The van der Waals surface area contributed by atoms with Crippen molar-refractivity contribution in [1.82, 2.24) is 0 Å². The van der Waals surface area contributed by atoms with E-state index >= 15 is 0 Å². The van der Waals surface area contributed by atoms with Crippen LogP contribution in [0.1, 0.15) is 26.7 Å². The van der Waals surface area contributed by atoms with Gasteiger partial charge in [0.25, 0.3) is 0 Å². The Morgan fingerprint density at radius 1 is 1.58 bits per heavy atom. The van der Waals surface area contributed by atoms with Crippen LogP contribution in [0.2, 0.25) is 0 Å². The molecule has 0 bridgehead atoms. The van der Waals surface area contributed by atoms with Crippen LogP contribution >= 0.6 is 0 Å². The summed E-state index contributed by atoms with van der Waals surface area (Å²) in [6.45, 7) is 7.63. The van der Waals surface area contributed by atoms with E-state index in [-0.39, 0.29) is 11.9 Å². The van der Waals surface area contributed by atoms with Gasteiger partial charge in [-0.05, 0) is 18.9 Å². The van der Waals surface area contributed by atoms with Gasteiger partial charge in [0.1, 0.15) is 6.61 Å². The third kappa shape index (κ3) is 3.99. The Hall–Kier alpha value is -1.01. The highest BCUT2D eigenvalue weighted by molar-refractivity contribution is 5.72. The molecule has 2 heteroatoms. The van der Waals surface area contributed by atoms with Gasteiger partial charge >= 0.3 is 5.97 Å². The predicted molar refractivity (Wildman–Crippen MR) is 48.7 cm³/mol. The fourth-order valence-corrected chi connectivity index (χ4v) is 0.923. The first-order valence-electron chi connectivity index (χ1n) is 4.27. The molecule has 12 heavy (non-hydrogen) atoms. The van der Waals surface area contributed by atoms with E-state index in [9.17, 15) is 4.79 Å². The molecular weight excluding hydrogens is 152 g/mol. The topological polar surface area (TPSA) is 26.3 Å². The Labute approximate surface area is 73.9 Å². The standard InChI is InChI=1S/C10H16O2/c1-4-7-8-12-10(11)9(5-2)6-3/h7,9H,1,5-6,8H2,2-3H3. The van der Waals surface area contributed by atoms with E-state index in [1.54, 1.807) is 6.08 Å². The Morgan fingerprint density at radius 3 is 2.58 bits per heavy atom. The second-order valence-electron chi connectivity index (χ2n) is 2.55. The molecule has 0 saturated heterocycles. The Kier molecular flexibility index (Phi) is 6.12. The number of rotatable bonds is 5. The van der Waals surface area contributed by atoms with Gasteiger partial charge in [-0.1, -0.05) is 20.4 Å². The van der Waals surface area contributed by atoms with Crippen molar-refractivity contribution in [1.29, 1.82) is 0 Å². The molecule has 0 aromatic carbocycles. The zero-order chi connectivity index (χ0) is 9.40. The summed E-state index contributed by atoms with van der Waals surface area (Å²) in [5, 5.41) is 0. The van der Waals surface area contributed by atoms with Crippen molar-refractivity contribution in [3.05, 3.63) is 18.4 Å². The van der Waals surface area contributed by atoms with Gasteiger partial charge in [-0.25, -0.2) is 0 Å². The van der Waals surface area contributed by atoms with Crippen molar-refractivity contribution in [3.8, 4) is 0 Å². The quantitative estimate of drug-likeness (QED) is 0.465. The molecule has 0 aromatic heterocycles. The summed E-state index contributed by atoms with van der Waals surface area (Å²) < 4.78 is 4.93. The first-order valence-corrected chi connectivity index (χ1v) is 4.27. The average molecular weight is 168 g/mol. The number of esters is 1. The zero-order valence-corrected chi connectivity index (χ0v) is 7.80. The minimum absolute atomic E-state index is 0.0446. The monoisotopic (exact) mass is 168 g/mol. The Balaban J connectivity index is 3.76. The maximum atomic E-state index is 11.2. The largest absolute Gasteiger partial charge is 0.461 e. The third-order valence-electron chi connectivity index (χ3n) is 1.77. The first-order chi connectivity index (χ1) is 5.76. The van der Waals surface area contributed by atoms with E-state index in [4.69, 9.17) is 4.74 Å². The first kappa shape index (κ1) is 11.0. The lowest BCUT2D eigenvalue weighted by atomic mass is 10.0. The minimum atomic E-state index is -0.119. The summed E-state index contributed by atoms with van der Waals surface area (Å²) in [7, 11) is 0. The Bertz CT molecular complexity index is 174. The molecule has 0 radical (unpaired) electrons. The van der Waals surface area contributed by atoms with E-state index in [1.165, 1.54) is 0 Å². The smallest absolute Gasteiger partial charge is 0.309 e. The molecular formula is C10H16O2. The van der Waals surface area contributed by atoms with Crippen molar-refractivity contribution < 1.29 is 9.53 Å². The lowest BCUT2D eigenvalue weighted by Crippen LogP contribution is -2.16. The van der Waals surface area contributed by atoms with Gasteiger partial charge in [0, 0.05) is 0 Å². The summed E-state index contributed by atoms with van der Waals surface area (Å²) >= 11 is 0. The minimum Gasteiger partial charge on any atom is -0.461 e. The molecule has 0 N–H and O–H groups in total. The highest BCUT2D eigenvalue weighted by Crippen LogP contribution is 2.09. The normalized spacial score (nSPS) is 9.25. The van der Waals surface area contributed by atoms with Crippen LogP contribution in [0, 0.1) is 5.92 Å². The molecule has 0 saturated carbocycles. The summed E-state index contributed by atoms with van der Waals surface area (Å²) in [5.41, 5.74) is 2.55. The fourth-order valence-electron chi connectivity index (χ4n) is 0.923. The van der Waals surface area contributed by atoms with E-state index in [1.807, 2.05) is 13.8 Å². The van der Waals surface area contributed by atoms with Crippen LogP contribution in [0.15, 0.2) is 18.4 Å². The van der Waals surface area contributed by atoms with Gasteiger partial charge in [0.2, 0.25) is 0 Å². The van der Waals surface area contributed by atoms with Crippen molar-refractivity contribution in [2.45, 2.75) is 26.7 Å². The molecule has 0 aliphatic rings. The number of carbonyl (C=O) groups excluding carboxylic acids is 1. The van der Waals surface area contributed by atoms with Crippen LogP contribution < -0.4 is 0 Å². The van der Waals surface area contributed by atoms with E-state index in [2.05, 4.69) is 12.3 Å². The van der Waals surface area contributed by atoms with Crippen LogP contribution in [0.25, 0.3) is 0 Å². The molecule has 2 nitrogen and oxygen atoms in total. The van der Waals surface area contributed by atoms with Crippen molar-refractivity contribution in [2.24, 2.45) is 5.92 Å². The van der Waals surface area contributed by atoms with E-state index < -0.39 is 0 Å². The lowest BCUT2D eigenvalue weighted by Gasteiger charge is -2.09. The molecule has 0 atom stereocenters. The van der Waals surface area contributed by atoms with Gasteiger partial charge < -0.3 is 4.74 Å². The second kappa shape index (κ2) is 6.68. The average Bonchev–Trinajstić information content (AvgIpc) is 2.07. The highest BCUT2D eigenvalue weighted by atomic mass is 16.5. The number of hydrogen-bond acceptors (Lipinski definition) is 2. The number of carbonyl (C=O) groups is 1. The van der Waals surface area contributed by atoms with Crippen LogP contribution in [0.4, 0.5) is 0 Å². The zero-order valence-electron chi connectivity index (χ0n) is 7.80. The summed E-state index contributed by atoms with van der Waals surface area (Å²) in [5.74, 6) is -0.0743. The molecule has 0 rings (SSSR count). The predicted octanol–water partition coefficient (Wildman–Crippen LogP) is 2.31. The summed E-state index contributed by atoms with van der Waals surface area (Å²) in [6, 6.07) is 0. The van der Waals surface area contributed by atoms with Crippen LogP contribution in [0.3, 0.4) is 0 Å². The molecule has 0 spiro atoms. The maximum absolute atomic E-state index is 11.2. The number of hydrogen-bond donors (Lipinski definition) is 0. The molecule has 0 aromatic rings. The van der Waals surface area contributed by atoms with E-state index in [0.717, 1.165) is 12.8 Å². The van der Waals surface area contributed by atoms with Crippen molar-refractivity contribution in [3.63, 3.8) is 0 Å². The van der Waals surface area contributed by atoms with E-state index in [0.29, 0.717) is 6.61 Å². The summed E-state index contributed by atoms with van der Waals surface area (Å²) in [6.07, 6.45) is 3.28. The molecule has 0 aliphatic carbocycles. The summed E-state index contributed by atoms with van der Waals surface area (Å²) in [4.78, 5) is 11.2. The maximum Gasteiger partial charge on any atom is 0.309 e. The van der Waals surface area contributed by atoms with Crippen molar-refractivity contribution >= 4 is 5.97 Å².